The van der Waals surface area contributed by atoms with E-state index in [9.17, 15) is 4.79 Å². The summed E-state index contributed by atoms with van der Waals surface area (Å²) in [5.74, 6) is 0.460. The Bertz CT molecular complexity index is 1030. The van der Waals surface area contributed by atoms with Gasteiger partial charge < -0.3 is 5.32 Å². The van der Waals surface area contributed by atoms with Crippen LogP contribution in [0.2, 0.25) is 0 Å². The number of hydrogen-bond acceptors (Lipinski definition) is 2. The van der Waals surface area contributed by atoms with Gasteiger partial charge in [-0.05, 0) is 48.2 Å². The van der Waals surface area contributed by atoms with Crippen LogP contribution in [-0.4, -0.2) is 10.9 Å². The second-order valence-corrected chi connectivity index (χ2v) is 6.85. The van der Waals surface area contributed by atoms with Gasteiger partial charge in [0, 0.05) is 10.9 Å². The lowest BCUT2D eigenvalue weighted by molar-refractivity contribution is 0.0980. The highest BCUT2D eigenvalue weighted by atomic mass is 16.1. The highest BCUT2D eigenvalue weighted by Gasteiger charge is 2.25. The highest BCUT2D eigenvalue weighted by Crippen LogP contribution is 2.28. The van der Waals surface area contributed by atoms with E-state index in [4.69, 9.17) is 4.98 Å². The summed E-state index contributed by atoms with van der Waals surface area (Å²) >= 11 is 0. The van der Waals surface area contributed by atoms with Crippen molar-refractivity contribution < 1.29 is 4.79 Å². The smallest absolute Gasteiger partial charge is 0.256 e. The normalized spacial score (nSPS) is 15.0. The second-order valence-electron chi connectivity index (χ2n) is 6.85. The minimum Gasteiger partial charge on any atom is -0.321 e. The molecule has 1 amide bonds. The molecule has 0 bridgehead atoms. The van der Waals surface area contributed by atoms with E-state index in [1.165, 1.54) is 5.56 Å². The van der Waals surface area contributed by atoms with E-state index in [0.29, 0.717) is 5.92 Å². The summed E-state index contributed by atoms with van der Waals surface area (Å²) in [5.41, 5.74) is 6.63. The Morgan fingerprint density at radius 2 is 1.92 bits per heavy atom. The fourth-order valence-electron chi connectivity index (χ4n) is 3.31. The number of amides is 1. The average Bonchev–Trinajstić information content (AvgIpc) is 2.91. The Kier molecular flexibility index (Phi) is 3.65. The van der Waals surface area contributed by atoms with Gasteiger partial charge in [0.15, 0.2) is 0 Å². The maximum atomic E-state index is 12.2. The average molecular weight is 328 g/mol. The third-order valence-electron chi connectivity index (χ3n) is 4.73. The predicted octanol–water partition coefficient (Wildman–Crippen LogP) is 4.91. The molecule has 3 nitrogen and oxygen atoms in total. The van der Waals surface area contributed by atoms with Crippen molar-refractivity contribution in [2.45, 2.75) is 26.7 Å². The molecule has 1 aromatic heterocycles. The fourth-order valence-corrected chi connectivity index (χ4v) is 3.31. The van der Waals surface area contributed by atoms with E-state index in [1.54, 1.807) is 0 Å². The van der Waals surface area contributed by atoms with Crippen molar-refractivity contribution in [1.82, 2.24) is 10.3 Å². The number of benzene rings is 2. The Morgan fingerprint density at radius 3 is 2.72 bits per heavy atom. The van der Waals surface area contributed by atoms with E-state index in [2.05, 4.69) is 43.4 Å². The molecule has 1 N–H and O–H groups in total. The van der Waals surface area contributed by atoms with E-state index < -0.39 is 0 Å². The minimum absolute atomic E-state index is 0.0401. The van der Waals surface area contributed by atoms with Gasteiger partial charge in [0.05, 0.1) is 22.5 Å². The first-order chi connectivity index (χ1) is 12.0. The van der Waals surface area contributed by atoms with Gasteiger partial charge >= 0.3 is 0 Å². The molecule has 3 aromatic rings. The molecule has 3 heteroatoms. The zero-order chi connectivity index (χ0) is 17.6. The van der Waals surface area contributed by atoms with Gasteiger partial charge in [0.1, 0.15) is 0 Å². The number of rotatable bonds is 2. The number of nitrogens with one attached hydrogen (secondary N) is 1. The first-order valence-electron chi connectivity index (χ1n) is 8.56. The summed E-state index contributed by atoms with van der Waals surface area (Å²) in [7, 11) is 0. The molecule has 0 saturated carbocycles. The number of fused-ring (bicyclic) bond motifs is 2. The van der Waals surface area contributed by atoms with Crippen molar-refractivity contribution in [2.24, 2.45) is 0 Å². The molecule has 25 heavy (non-hydrogen) atoms. The van der Waals surface area contributed by atoms with Gasteiger partial charge in [-0.3, -0.25) is 4.79 Å². The van der Waals surface area contributed by atoms with E-state index >= 15 is 0 Å². The maximum Gasteiger partial charge on any atom is 0.256 e. The van der Waals surface area contributed by atoms with Crippen molar-refractivity contribution >= 4 is 28.6 Å². The monoisotopic (exact) mass is 328 g/mol. The summed E-state index contributed by atoms with van der Waals surface area (Å²) in [6, 6.07) is 16.4. The zero-order valence-corrected chi connectivity index (χ0v) is 14.6. The summed E-state index contributed by atoms with van der Waals surface area (Å²) < 4.78 is 0. The Hall–Kier alpha value is -2.94. The molecule has 0 atom stereocenters. The Morgan fingerprint density at radius 1 is 1.08 bits per heavy atom. The Balaban J connectivity index is 1.77. The largest absolute Gasteiger partial charge is 0.321 e. The van der Waals surface area contributed by atoms with E-state index in [0.717, 1.165) is 39.0 Å². The fraction of sp³-hybridized carbons (Fsp3) is 0.182. The standard InChI is InChI=1S/C22H20N2O/c1-13(2)15-8-10-19-16(11-15)7-9-17(23-19)12-20-18-6-4-5-14(3)21(18)22(25)24-20/h4-13H,1-3H3,(H,24,25)/b20-12-. The predicted molar refractivity (Wildman–Crippen MR) is 102 cm³/mol. The number of carbonyl (C=O) groups is 1. The molecule has 2 aromatic carbocycles. The molecule has 124 valence electrons. The number of pyridine rings is 1. The van der Waals surface area contributed by atoms with Crippen molar-refractivity contribution in [1.29, 1.82) is 0 Å². The topological polar surface area (TPSA) is 42.0 Å². The lowest BCUT2D eigenvalue weighted by atomic mass is 10.0. The lowest BCUT2D eigenvalue weighted by Crippen LogP contribution is -2.12. The number of hydrogen-bond donors (Lipinski definition) is 1. The first-order valence-corrected chi connectivity index (χ1v) is 8.56. The van der Waals surface area contributed by atoms with Crippen LogP contribution in [-0.2, 0) is 0 Å². The van der Waals surface area contributed by atoms with Gasteiger partial charge in [0.2, 0.25) is 0 Å². The summed E-state index contributed by atoms with van der Waals surface area (Å²) in [6.07, 6.45) is 1.94. The van der Waals surface area contributed by atoms with Crippen LogP contribution in [0.15, 0.2) is 48.5 Å². The molecule has 1 aliphatic heterocycles. The van der Waals surface area contributed by atoms with Crippen molar-refractivity contribution in [3.8, 4) is 0 Å². The number of nitrogens with zero attached hydrogens (tertiary/aromatic N) is 1. The Labute approximate surface area is 147 Å². The second kappa shape index (κ2) is 5.85. The van der Waals surface area contributed by atoms with Crippen LogP contribution in [0.5, 0.6) is 0 Å². The van der Waals surface area contributed by atoms with Gasteiger partial charge in [-0.2, -0.15) is 0 Å². The third kappa shape index (κ3) is 2.72. The quantitative estimate of drug-likeness (QED) is 0.726. The molecule has 0 aliphatic carbocycles. The van der Waals surface area contributed by atoms with Gasteiger partial charge in [-0.15, -0.1) is 0 Å². The van der Waals surface area contributed by atoms with Crippen molar-refractivity contribution in [3.63, 3.8) is 0 Å². The molecule has 2 heterocycles. The molecule has 0 radical (unpaired) electrons. The van der Waals surface area contributed by atoms with Crippen LogP contribution in [0.25, 0.3) is 22.7 Å². The zero-order valence-electron chi connectivity index (χ0n) is 14.6. The minimum atomic E-state index is -0.0401. The van der Waals surface area contributed by atoms with Gasteiger partial charge in [-0.25, -0.2) is 4.98 Å². The molecule has 1 aliphatic rings. The summed E-state index contributed by atoms with van der Waals surface area (Å²) in [6.45, 7) is 6.34. The third-order valence-corrected chi connectivity index (χ3v) is 4.73. The molecule has 0 saturated heterocycles. The van der Waals surface area contributed by atoms with Crippen LogP contribution in [0, 0.1) is 6.92 Å². The van der Waals surface area contributed by atoms with E-state index in [-0.39, 0.29) is 5.91 Å². The molecule has 0 unspecified atom stereocenters. The van der Waals surface area contributed by atoms with Crippen LogP contribution in [0.3, 0.4) is 0 Å². The first kappa shape index (κ1) is 15.6. The number of aryl methyl sites for hydroxylation is 1. The molecule has 4 rings (SSSR count). The molecule has 0 spiro atoms. The summed E-state index contributed by atoms with van der Waals surface area (Å²) in [5, 5.41) is 4.10. The van der Waals surface area contributed by atoms with Crippen LogP contribution in [0.1, 0.15) is 52.5 Å². The lowest BCUT2D eigenvalue weighted by Gasteiger charge is -2.07. The van der Waals surface area contributed by atoms with Gasteiger partial charge in [0.25, 0.3) is 5.91 Å². The van der Waals surface area contributed by atoms with Crippen molar-refractivity contribution in [2.75, 3.05) is 0 Å². The van der Waals surface area contributed by atoms with Gasteiger partial charge in [-0.1, -0.05) is 44.2 Å². The van der Waals surface area contributed by atoms with Crippen LogP contribution < -0.4 is 5.32 Å². The summed E-state index contributed by atoms with van der Waals surface area (Å²) in [4.78, 5) is 17.0. The number of carbonyl (C=O) groups excluding carboxylic acids is 1. The van der Waals surface area contributed by atoms with Crippen molar-refractivity contribution in [3.05, 3.63) is 76.5 Å². The van der Waals surface area contributed by atoms with Crippen LogP contribution >= 0.6 is 0 Å². The van der Waals surface area contributed by atoms with E-state index in [1.807, 2.05) is 37.3 Å². The highest BCUT2D eigenvalue weighted by molar-refractivity contribution is 6.12. The number of aromatic nitrogens is 1. The maximum absolute atomic E-state index is 12.2. The SMILES string of the molecule is Cc1cccc2c1C(=O)N/C2=C\c1ccc2cc(C(C)C)ccc2n1. The molecular formula is C22H20N2O. The van der Waals surface area contributed by atoms with Crippen LogP contribution in [0.4, 0.5) is 0 Å². The molecule has 0 fully saturated rings. The molecular weight excluding hydrogens is 308 g/mol.